The third-order valence-corrected chi connectivity index (χ3v) is 4.83. The summed E-state index contributed by atoms with van der Waals surface area (Å²) in [5.41, 5.74) is 0.672. The van der Waals surface area contributed by atoms with E-state index in [4.69, 9.17) is 32.7 Å². The maximum absolute atomic E-state index is 12.7. The molecule has 0 bridgehead atoms. The van der Waals surface area contributed by atoms with Crippen molar-refractivity contribution in [3.05, 3.63) is 58.1 Å². The van der Waals surface area contributed by atoms with E-state index in [1.54, 1.807) is 24.3 Å². The van der Waals surface area contributed by atoms with E-state index in [-0.39, 0.29) is 23.0 Å². The van der Waals surface area contributed by atoms with Gasteiger partial charge in [-0.05, 0) is 30.3 Å². The highest BCUT2D eigenvalue weighted by atomic mass is 35.5. The molecule has 0 radical (unpaired) electrons. The van der Waals surface area contributed by atoms with E-state index in [9.17, 15) is 14.4 Å². The molecule has 0 spiro atoms. The van der Waals surface area contributed by atoms with Crippen LogP contribution in [0.4, 0.5) is 5.69 Å². The van der Waals surface area contributed by atoms with Crippen molar-refractivity contribution in [2.75, 3.05) is 25.1 Å². The summed E-state index contributed by atoms with van der Waals surface area (Å²) >= 11 is 11.7. The van der Waals surface area contributed by atoms with Crippen molar-refractivity contribution in [2.45, 2.75) is 6.10 Å². The third kappa shape index (κ3) is 4.21. The van der Waals surface area contributed by atoms with Crippen LogP contribution in [0.2, 0.25) is 10.0 Å². The molecule has 1 N–H and O–H groups in total. The van der Waals surface area contributed by atoms with E-state index >= 15 is 0 Å². The highest BCUT2D eigenvalue weighted by Gasteiger charge is 2.33. The van der Waals surface area contributed by atoms with Gasteiger partial charge in [-0.25, -0.2) is 4.79 Å². The Labute approximate surface area is 171 Å². The van der Waals surface area contributed by atoms with Crippen LogP contribution in [-0.4, -0.2) is 44.1 Å². The predicted molar refractivity (Wildman–Crippen MR) is 104 cm³/mol. The molecule has 2 aromatic rings. The number of rotatable bonds is 4. The lowest BCUT2D eigenvalue weighted by molar-refractivity contribution is -0.128. The van der Waals surface area contributed by atoms with E-state index in [1.165, 1.54) is 30.1 Å². The molecule has 0 saturated heterocycles. The van der Waals surface area contributed by atoms with Crippen molar-refractivity contribution >= 4 is 46.7 Å². The zero-order valence-corrected chi connectivity index (χ0v) is 16.3. The first kappa shape index (κ1) is 20.0. The van der Waals surface area contributed by atoms with Crippen LogP contribution in [0.25, 0.3) is 0 Å². The Bertz CT molecular complexity index is 934. The van der Waals surface area contributed by atoms with Gasteiger partial charge in [0.05, 0.1) is 27.8 Å². The number of carbonyl (C=O) groups excluding carboxylic acids is 3. The van der Waals surface area contributed by atoms with Crippen molar-refractivity contribution in [1.82, 2.24) is 5.32 Å². The smallest absolute Gasteiger partial charge is 0.338 e. The second-order valence-electron chi connectivity index (χ2n) is 5.90. The average Bonchev–Trinajstić information content (AvgIpc) is 2.72. The van der Waals surface area contributed by atoms with Gasteiger partial charge in [0, 0.05) is 7.05 Å². The fourth-order valence-electron chi connectivity index (χ4n) is 2.68. The van der Waals surface area contributed by atoms with Gasteiger partial charge in [-0.2, -0.15) is 0 Å². The fraction of sp³-hybridized carbons (Fsp3) is 0.211. The average molecular weight is 423 g/mol. The van der Waals surface area contributed by atoms with Gasteiger partial charge in [0.15, 0.2) is 12.7 Å². The largest absolute Gasteiger partial charge is 0.477 e. The Balaban J connectivity index is 1.73. The second-order valence-corrected chi connectivity index (χ2v) is 6.71. The molecule has 28 heavy (non-hydrogen) atoms. The number of nitrogens with one attached hydrogen (secondary N) is 1. The number of hydrogen-bond donors (Lipinski definition) is 1. The number of anilines is 1. The summed E-state index contributed by atoms with van der Waals surface area (Å²) in [4.78, 5) is 38.2. The van der Waals surface area contributed by atoms with Crippen LogP contribution in [0.1, 0.15) is 10.4 Å². The van der Waals surface area contributed by atoms with Gasteiger partial charge in [-0.15, -0.1) is 0 Å². The van der Waals surface area contributed by atoms with Crippen molar-refractivity contribution < 1.29 is 23.9 Å². The van der Waals surface area contributed by atoms with Gasteiger partial charge in [-0.1, -0.05) is 35.3 Å². The molecule has 146 valence electrons. The van der Waals surface area contributed by atoms with E-state index < -0.39 is 24.6 Å². The molecular weight excluding hydrogens is 407 g/mol. The lowest BCUT2D eigenvalue weighted by Crippen LogP contribution is -2.51. The highest BCUT2D eigenvalue weighted by molar-refractivity contribution is 6.42. The first-order chi connectivity index (χ1) is 13.4. The normalized spacial score (nSPS) is 15.2. The predicted octanol–water partition coefficient (Wildman–Crippen LogP) is 2.69. The van der Waals surface area contributed by atoms with Crippen LogP contribution in [-0.2, 0) is 14.3 Å². The number of benzene rings is 2. The van der Waals surface area contributed by atoms with Crippen LogP contribution >= 0.6 is 23.2 Å². The van der Waals surface area contributed by atoms with Gasteiger partial charge < -0.3 is 19.7 Å². The first-order valence-corrected chi connectivity index (χ1v) is 9.06. The van der Waals surface area contributed by atoms with Crippen LogP contribution in [0.5, 0.6) is 5.75 Å². The van der Waals surface area contributed by atoms with Gasteiger partial charge in [-0.3, -0.25) is 9.59 Å². The first-order valence-electron chi connectivity index (χ1n) is 8.30. The van der Waals surface area contributed by atoms with E-state index in [0.717, 1.165) is 0 Å². The molecule has 0 aromatic heterocycles. The Morgan fingerprint density at radius 1 is 1.18 bits per heavy atom. The number of carbonyl (C=O) groups is 3. The standard InChI is InChI=1S/C19H16Cl2N2O5/c1-22-18(25)16-9-23(14-4-2-3-5-15(14)28-16)17(24)10-27-19(26)11-6-7-12(20)13(21)8-11/h2-8,16H,9-10H2,1H3,(H,22,25). The third-order valence-electron chi connectivity index (χ3n) is 4.10. The number of likely N-dealkylation sites (N-methyl/N-ethyl adjacent to an activating group) is 1. The maximum Gasteiger partial charge on any atom is 0.338 e. The molecule has 0 aliphatic carbocycles. The summed E-state index contributed by atoms with van der Waals surface area (Å²) in [5.74, 6) is -1.17. The monoisotopic (exact) mass is 422 g/mol. The van der Waals surface area contributed by atoms with Gasteiger partial charge >= 0.3 is 5.97 Å². The van der Waals surface area contributed by atoms with E-state index in [0.29, 0.717) is 16.5 Å². The van der Waals surface area contributed by atoms with Gasteiger partial charge in [0.2, 0.25) is 0 Å². The van der Waals surface area contributed by atoms with Crippen molar-refractivity contribution in [2.24, 2.45) is 0 Å². The van der Waals surface area contributed by atoms with Crippen molar-refractivity contribution in [3.8, 4) is 5.75 Å². The van der Waals surface area contributed by atoms with Crippen LogP contribution < -0.4 is 15.0 Å². The molecule has 1 heterocycles. The van der Waals surface area contributed by atoms with Crippen molar-refractivity contribution in [1.29, 1.82) is 0 Å². The lowest BCUT2D eigenvalue weighted by Gasteiger charge is -2.33. The molecule has 9 heteroatoms. The minimum atomic E-state index is -0.866. The fourth-order valence-corrected chi connectivity index (χ4v) is 2.98. The molecule has 2 amide bonds. The summed E-state index contributed by atoms with van der Waals surface area (Å²) in [6, 6.07) is 11.1. The summed E-state index contributed by atoms with van der Waals surface area (Å²) in [6.07, 6.45) is -0.866. The zero-order chi connectivity index (χ0) is 20.3. The molecule has 2 aromatic carbocycles. The Kier molecular flexibility index (Phi) is 6.06. The summed E-state index contributed by atoms with van der Waals surface area (Å²) in [5, 5.41) is 3.01. The molecule has 7 nitrogen and oxygen atoms in total. The topological polar surface area (TPSA) is 84.9 Å². The maximum atomic E-state index is 12.7. The molecule has 1 unspecified atom stereocenters. The number of halogens is 2. The number of amides is 2. The second kappa shape index (κ2) is 8.50. The highest BCUT2D eigenvalue weighted by Crippen LogP contribution is 2.33. The van der Waals surface area contributed by atoms with Crippen molar-refractivity contribution in [3.63, 3.8) is 0 Å². The number of esters is 1. The molecule has 3 rings (SSSR count). The molecule has 0 fully saturated rings. The summed E-state index contributed by atoms with van der Waals surface area (Å²) in [6.45, 7) is -0.506. The number of para-hydroxylation sites is 2. The number of ether oxygens (including phenoxy) is 2. The molecule has 1 aliphatic heterocycles. The summed E-state index contributed by atoms with van der Waals surface area (Å²) in [7, 11) is 1.48. The summed E-state index contributed by atoms with van der Waals surface area (Å²) < 4.78 is 10.7. The Morgan fingerprint density at radius 2 is 1.93 bits per heavy atom. The molecular formula is C19H16Cl2N2O5. The van der Waals surface area contributed by atoms with Gasteiger partial charge in [0.25, 0.3) is 11.8 Å². The van der Waals surface area contributed by atoms with E-state index in [2.05, 4.69) is 5.32 Å². The minimum Gasteiger partial charge on any atom is -0.477 e. The van der Waals surface area contributed by atoms with Gasteiger partial charge in [0.1, 0.15) is 5.75 Å². The minimum absolute atomic E-state index is 0.000155. The molecule has 1 atom stereocenters. The number of hydrogen-bond acceptors (Lipinski definition) is 5. The van der Waals surface area contributed by atoms with E-state index in [1.807, 2.05) is 0 Å². The Hall–Kier alpha value is -2.77. The quantitative estimate of drug-likeness (QED) is 0.765. The molecule has 0 saturated carbocycles. The lowest BCUT2D eigenvalue weighted by atomic mass is 10.1. The SMILES string of the molecule is CNC(=O)C1CN(C(=O)COC(=O)c2ccc(Cl)c(Cl)c2)c2ccccc2O1. The number of fused-ring (bicyclic) bond motifs is 1. The Morgan fingerprint density at radius 3 is 2.64 bits per heavy atom. The zero-order valence-electron chi connectivity index (χ0n) is 14.8. The van der Waals surface area contributed by atoms with Crippen LogP contribution in [0.3, 0.4) is 0 Å². The van der Waals surface area contributed by atoms with Crippen LogP contribution in [0, 0.1) is 0 Å². The van der Waals surface area contributed by atoms with Crippen LogP contribution in [0.15, 0.2) is 42.5 Å². The number of nitrogens with zero attached hydrogens (tertiary/aromatic N) is 1. The molecule has 1 aliphatic rings.